The van der Waals surface area contributed by atoms with Gasteiger partial charge in [-0.25, -0.2) is 0 Å². The molecule has 0 saturated heterocycles. The minimum Gasteiger partial charge on any atom is -0.396 e. The third-order valence-electron chi connectivity index (χ3n) is 3.30. The highest BCUT2D eigenvalue weighted by molar-refractivity contribution is 5.21. The third-order valence-corrected chi connectivity index (χ3v) is 3.30. The summed E-state index contributed by atoms with van der Waals surface area (Å²) < 4.78 is 0. The van der Waals surface area contributed by atoms with E-state index in [9.17, 15) is 5.11 Å². The van der Waals surface area contributed by atoms with Gasteiger partial charge in [0.1, 0.15) is 0 Å². The molecule has 0 aromatic heterocycles. The second-order valence-electron chi connectivity index (χ2n) is 5.56. The SMILES string of the molecule is Cc1ccc(CC(CO)CCCC(C)C)cc1. The van der Waals surface area contributed by atoms with Crippen LogP contribution in [0.1, 0.15) is 44.2 Å². The summed E-state index contributed by atoms with van der Waals surface area (Å²) in [6.07, 6.45) is 4.65. The molecule has 96 valence electrons. The zero-order chi connectivity index (χ0) is 12.7. The van der Waals surface area contributed by atoms with Crippen LogP contribution < -0.4 is 0 Å². The molecule has 1 aromatic carbocycles. The van der Waals surface area contributed by atoms with Crippen LogP contribution in [0.5, 0.6) is 0 Å². The van der Waals surface area contributed by atoms with Gasteiger partial charge in [-0.2, -0.15) is 0 Å². The Morgan fingerprint density at radius 2 is 1.71 bits per heavy atom. The van der Waals surface area contributed by atoms with Crippen LogP contribution in [0.25, 0.3) is 0 Å². The van der Waals surface area contributed by atoms with Crippen molar-refractivity contribution in [1.82, 2.24) is 0 Å². The molecule has 0 heterocycles. The Balaban J connectivity index is 2.38. The summed E-state index contributed by atoms with van der Waals surface area (Å²) in [5.74, 6) is 1.20. The normalized spacial score (nSPS) is 13.0. The van der Waals surface area contributed by atoms with Crippen molar-refractivity contribution in [3.63, 3.8) is 0 Å². The summed E-state index contributed by atoms with van der Waals surface area (Å²) in [7, 11) is 0. The first kappa shape index (κ1) is 14.2. The maximum Gasteiger partial charge on any atom is 0.0462 e. The number of aliphatic hydroxyl groups is 1. The number of hydrogen-bond donors (Lipinski definition) is 1. The Morgan fingerprint density at radius 3 is 2.24 bits per heavy atom. The van der Waals surface area contributed by atoms with E-state index < -0.39 is 0 Å². The lowest BCUT2D eigenvalue weighted by molar-refractivity contribution is 0.213. The van der Waals surface area contributed by atoms with Crippen LogP contribution in [0.2, 0.25) is 0 Å². The van der Waals surface area contributed by atoms with Crippen LogP contribution in [0.3, 0.4) is 0 Å². The number of hydrogen-bond acceptors (Lipinski definition) is 1. The minimum absolute atomic E-state index is 0.311. The van der Waals surface area contributed by atoms with E-state index in [4.69, 9.17) is 0 Å². The molecule has 1 nitrogen and oxygen atoms in total. The Hall–Kier alpha value is -0.820. The van der Waals surface area contributed by atoms with Crippen LogP contribution in [0.4, 0.5) is 0 Å². The Morgan fingerprint density at radius 1 is 1.06 bits per heavy atom. The minimum atomic E-state index is 0.311. The van der Waals surface area contributed by atoms with E-state index in [0.717, 1.165) is 18.8 Å². The van der Waals surface area contributed by atoms with E-state index in [1.165, 1.54) is 24.0 Å². The quantitative estimate of drug-likeness (QED) is 0.757. The highest BCUT2D eigenvalue weighted by Gasteiger charge is 2.08. The first-order valence-corrected chi connectivity index (χ1v) is 6.78. The van der Waals surface area contributed by atoms with Crippen molar-refractivity contribution in [2.75, 3.05) is 6.61 Å². The predicted molar refractivity (Wildman–Crippen MR) is 74.1 cm³/mol. The fourth-order valence-corrected chi connectivity index (χ4v) is 2.13. The van der Waals surface area contributed by atoms with Crippen LogP contribution >= 0.6 is 0 Å². The van der Waals surface area contributed by atoms with Crippen LogP contribution in [0, 0.1) is 18.8 Å². The predicted octanol–water partition coefficient (Wildman–Crippen LogP) is 3.97. The van der Waals surface area contributed by atoms with Crippen LogP contribution in [-0.2, 0) is 6.42 Å². The standard InChI is InChI=1S/C16H26O/c1-13(2)5-4-6-16(12-17)11-15-9-7-14(3)8-10-15/h7-10,13,16-17H,4-6,11-12H2,1-3H3. The lowest BCUT2D eigenvalue weighted by Crippen LogP contribution is -2.10. The number of aryl methyl sites for hydroxylation is 1. The van der Waals surface area contributed by atoms with E-state index >= 15 is 0 Å². The summed E-state index contributed by atoms with van der Waals surface area (Å²) in [5.41, 5.74) is 2.65. The summed E-state index contributed by atoms with van der Waals surface area (Å²) in [6, 6.07) is 8.66. The molecule has 1 aromatic rings. The van der Waals surface area contributed by atoms with Gasteiger partial charge in [0, 0.05) is 6.61 Å². The molecule has 0 fully saturated rings. The largest absolute Gasteiger partial charge is 0.396 e. The molecule has 0 radical (unpaired) electrons. The van der Waals surface area contributed by atoms with Crippen molar-refractivity contribution < 1.29 is 5.11 Å². The van der Waals surface area contributed by atoms with E-state index in [0.29, 0.717) is 12.5 Å². The second-order valence-corrected chi connectivity index (χ2v) is 5.56. The van der Waals surface area contributed by atoms with Crippen LogP contribution in [-0.4, -0.2) is 11.7 Å². The number of benzene rings is 1. The first-order valence-electron chi connectivity index (χ1n) is 6.78. The van der Waals surface area contributed by atoms with Crippen molar-refractivity contribution in [3.8, 4) is 0 Å². The average Bonchev–Trinajstić information content (AvgIpc) is 2.30. The van der Waals surface area contributed by atoms with Gasteiger partial charge in [0.05, 0.1) is 0 Å². The molecule has 1 N–H and O–H groups in total. The zero-order valence-corrected chi connectivity index (χ0v) is 11.4. The molecule has 0 amide bonds. The van der Waals surface area contributed by atoms with Gasteiger partial charge < -0.3 is 5.11 Å². The Kier molecular flexibility index (Phi) is 6.28. The molecule has 1 heteroatoms. The van der Waals surface area contributed by atoms with Gasteiger partial charge in [-0.1, -0.05) is 56.5 Å². The van der Waals surface area contributed by atoms with E-state index in [1.807, 2.05) is 0 Å². The van der Waals surface area contributed by atoms with E-state index in [-0.39, 0.29) is 0 Å². The molecule has 1 unspecified atom stereocenters. The number of aliphatic hydroxyl groups excluding tert-OH is 1. The molecule has 0 spiro atoms. The molecular weight excluding hydrogens is 208 g/mol. The van der Waals surface area contributed by atoms with Crippen molar-refractivity contribution in [3.05, 3.63) is 35.4 Å². The highest BCUT2D eigenvalue weighted by Crippen LogP contribution is 2.17. The van der Waals surface area contributed by atoms with E-state index in [2.05, 4.69) is 45.0 Å². The fourth-order valence-electron chi connectivity index (χ4n) is 2.13. The molecule has 1 atom stereocenters. The lowest BCUT2D eigenvalue weighted by Gasteiger charge is -2.15. The molecule has 0 aliphatic carbocycles. The maximum atomic E-state index is 9.41. The van der Waals surface area contributed by atoms with E-state index in [1.54, 1.807) is 0 Å². The average molecular weight is 234 g/mol. The van der Waals surface area contributed by atoms with Crippen molar-refractivity contribution in [1.29, 1.82) is 0 Å². The lowest BCUT2D eigenvalue weighted by atomic mass is 9.93. The summed E-state index contributed by atoms with van der Waals surface area (Å²) in [5, 5.41) is 9.41. The molecule has 17 heavy (non-hydrogen) atoms. The highest BCUT2D eigenvalue weighted by atomic mass is 16.3. The van der Waals surface area contributed by atoms with Gasteiger partial charge >= 0.3 is 0 Å². The molecule has 0 bridgehead atoms. The molecule has 0 saturated carbocycles. The summed E-state index contributed by atoms with van der Waals surface area (Å²) in [4.78, 5) is 0. The number of rotatable bonds is 7. The molecule has 0 aliphatic rings. The van der Waals surface area contributed by atoms with Crippen LogP contribution in [0.15, 0.2) is 24.3 Å². The molecular formula is C16H26O. The van der Waals surface area contributed by atoms with Gasteiger partial charge in [-0.05, 0) is 37.2 Å². The summed E-state index contributed by atoms with van der Waals surface area (Å²) in [6.45, 7) is 6.93. The monoisotopic (exact) mass is 234 g/mol. The third kappa shape index (κ3) is 5.88. The first-order chi connectivity index (χ1) is 8.11. The molecule has 1 rings (SSSR count). The van der Waals surface area contributed by atoms with Gasteiger partial charge in [-0.15, -0.1) is 0 Å². The Labute approximate surface area is 106 Å². The summed E-state index contributed by atoms with van der Waals surface area (Å²) >= 11 is 0. The Bertz CT molecular complexity index is 300. The van der Waals surface area contributed by atoms with Gasteiger partial charge in [-0.3, -0.25) is 0 Å². The van der Waals surface area contributed by atoms with Gasteiger partial charge in [0.2, 0.25) is 0 Å². The van der Waals surface area contributed by atoms with Gasteiger partial charge in [0.25, 0.3) is 0 Å². The zero-order valence-electron chi connectivity index (χ0n) is 11.4. The van der Waals surface area contributed by atoms with Crippen molar-refractivity contribution in [2.45, 2.75) is 46.5 Å². The van der Waals surface area contributed by atoms with Crippen molar-refractivity contribution >= 4 is 0 Å². The van der Waals surface area contributed by atoms with Gasteiger partial charge in [0.15, 0.2) is 0 Å². The fraction of sp³-hybridized carbons (Fsp3) is 0.625. The smallest absolute Gasteiger partial charge is 0.0462 e. The van der Waals surface area contributed by atoms with Crippen molar-refractivity contribution in [2.24, 2.45) is 11.8 Å². The topological polar surface area (TPSA) is 20.2 Å². The second kappa shape index (κ2) is 7.50. The molecule has 0 aliphatic heterocycles. The maximum absolute atomic E-state index is 9.41.